The van der Waals surface area contributed by atoms with Crippen LogP contribution in [0.15, 0.2) is 47.7 Å². The van der Waals surface area contributed by atoms with Crippen molar-refractivity contribution < 1.29 is 17.6 Å². The molecule has 0 radical (unpaired) electrons. The van der Waals surface area contributed by atoms with Crippen molar-refractivity contribution >= 4 is 10.9 Å². The maximum absolute atomic E-state index is 13.8. The summed E-state index contributed by atoms with van der Waals surface area (Å²) in [5.41, 5.74) is -1.89. The van der Waals surface area contributed by atoms with Crippen molar-refractivity contribution in [2.24, 2.45) is 0 Å². The molecule has 0 saturated heterocycles. The summed E-state index contributed by atoms with van der Waals surface area (Å²) in [5, 5.41) is -0.264. The molecule has 0 aliphatic carbocycles. The summed E-state index contributed by atoms with van der Waals surface area (Å²) < 4.78 is 53.6. The van der Waals surface area contributed by atoms with Crippen LogP contribution in [0.3, 0.4) is 0 Å². The first-order chi connectivity index (χ1) is 10.9. The molecule has 3 aromatic rings. The van der Waals surface area contributed by atoms with Gasteiger partial charge in [-0.15, -0.1) is 0 Å². The number of benzene rings is 1. The molecule has 2 aromatic heterocycles. The highest BCUT2D eigenvalue weighted by molar-refractivity contribution is 5.77. The zero-order valence-electron chi connectivity index (χ0n) is 11.5. The molecule has 0 bridgehead atoms. The van der Waals surface area contributed by atoms with E-state index >= 15 is 0 Å². The van der Waals surface area contributed by atoms with Gasteiger partial charge >= 0.3 is 6.18 Å². The van der Waals surface area contributed by atoms with E-state index in [1.165, 1.54) is 18.3 Å². The molecule has 0 N–H and O–H groups in total. The molecule has 0 aliphatic heterocycles. The summed E-state index contributed by atoms with van der Waals surface area (Å²) in [6.45, 7) is -0.453. The summed E-state index contributed by atoms with van der Waals surface area (Å²) >= 11 is 0. The number of pyridine rings is 1. The third kappa shape index (κ3) is 2.79. The van der Waals surface area contributed by atoms with Crippen LogP contribution in [0.2, 0.25) is 0 Å². The Morgan fingerprint density at radius 3 is 2.61 bits per heavy atom. The summed E-state index contributed by atoms with van der Waals surface area (Å²) in [5.74, 6) is -0.772. The highest BCUT2D eigenvalue weighted by Gasteiger charge is 2.33. The number of halogens is 4. The van der Waals surface area contributed by atoms with E-state index in [0.29, 0.717) is 0 Å². The van der Waals surface area contributed by atoms with E-state index in [-0.39, 0.29) is 16.6 Å². The summed E-state index contributed by atoms with van der Waals surface area (Å²) in [7, 11) is 0. The molecular weight excluding hydrogens is 314 g/mol. The molecule has 23 heavy (non-hydrogen) atoms. The lowest BCUT2D eigenvalue weighted by Gasteiger charge is -2.12. The predicted molar refractivity (Wildman–Crippen MR) is 74.3 cm³/mol. The van der Waals surface area contributed by atoms with E-state index in [2.05, 4.69) is 9.97 Å². The number of hydrogen-bond donors (Lipinski definition) is 0. The second kappa shape index (κ2) is 5.45. The Balaban J connectivity index is 2.12. The van der Waals surface area contributed by atoms with Crippen LogP contribution in [0.5, 0.6) is 0 Å². The molecule has 8 heteroatoms. The highest BCUT2D eigenvalue weighted by atomic mass is 19.4. The highest BCUT2D eigenvalue weighted by Crippen LogP contribution is 2.31. The van der Waals surface area contributed by atoms with E-state index in [0.717, 1.165) is 29.1 Å². The van der Waals surface area contributed by atoms with Crippen LogP contribution in [0, 0.1) is 5.82 Å². The second-order valence-electron chi connectivity index (χ2n) is 4.81. The smallest absolute Gasteiger partial charge is 0.293 e. The van der Waals surface area contributed by atoms with Crippen molar-refractivity contribution in [3.05, 3.63) is 70.3 Å². The molecule has 0 unspecified atom stereocenters. The third-order valence-corrected chi connectivity index (χ3v) is 3.32. The number of nitrogens with zero attached hydrogens (tertiary/aromatic N) is 3. The van der Waals surface area contributed by atoms with E-state index in [1.54, 1.807) is 0 Å². The van der Waals surface area contributed by atoms with E-state index in [4.69, 9.17) is 0 Å². The predicted octanol–water partition coefficient (Wildman–Crippen LogP) is 3.00. The Bertz CT molecular complexity index is 934. The monoisotopic (exact) mass is 323 g/mol. The minimum atomic E-state index is -4.59. The fraction of sp³-hybridized carbons (Fsp3) is 0.133. The topological polar surface area (TPSA) is 47.8 Å². The molecule has 0 aliphatic rings. The minimum absolute atomic E-state index is 0.142. The molecule has 4 nitrogen and oxygen atoms in total. The Hall–Kier alpha value is -2.77. The second-order valence-corrected chi connectivity index (χ2v) is 4.81. The van der Waals surface area contributed by atoms with Crippen LogP contribution in [-0.2, 0) is 12.7 Å². The third-order valence-electron chi connectivity index (χ3n) is 3.32. The fourth-order valence-electron chi connectivity index (χ4n) is 2.26. The molecule has 0 saturated carbocycles. The van der Waals surface area contributed by atoms with Crippen molar-refractivity contribution in [2.45, 2.75) is 12.7 Å². The zero-order chi connectivity index (χ0) is 16.6. The molecular formula is C15H9F4N3O. The summed E-state index contributed by atoms with van der Waals surface area (Å²) in [6.07, 6.45) is -2.31. The van der Waals surface area contributed by atoms with Gasteiger partial charge < -0.3 is 0 Å². The quantitative estimate of drug-likeness (QED) is 0.681. The lowest BCUT2D eigenvalue weighted by molar-refractivity contribution is -0.138. The normalized spacial score (nSPS) is 11.8. The first-order valence-electron chi connectivity index (χ1n) is 6.52. The number of fused-ring (bicyclic) bond motifs is 1. The van der Waals surface area contributed by atoms with Crippen molar-refractivity contribution in [3.8, 4) is 0 Å². The summed E-state index contributed by atoms with van der Waals surface area (Å²) in [4.78, 5) is 19.9. The first kappa shape index (κ1) is 15.1. The average molecular weight is 323 g/mol. The number of aromatic nitrogens is 3. The van der Waals surface area contributed by atoms with Crippen LogP contribution in [0.25, 0.3) is 10.9 Å². The lowest BCUT2D eigenvalue weighted by Crippen LogP contribution is -2.24. The van der Waals surface area contributed by atoms with Crippen LogP contribution >= 0.6 is 0 Å². The maximum Gasteiger partial charge on any atom is 0.418 e. The van der Waals surface area contributed by atoms with Gasteiger partial charge in [-0.1, -0.05) is 6.07 Å². The number of hydrogen-bond acceptors (Lipinski definition) is 3. The molecule has 0 amide bonds. The van der Waals surface area contributed by atoms with Gasteiger partial charge in [0.15, 0.2) is 0 Å². The molecule has 0 spiro atoms. The number of alkyl halides is 3. The SMILES string of the molecule is O=c1c2c(F)cccc2ncn1Cc1ncccc1C(F)(F)F. The molecule has 0 atom stereocenters. The Labute approximate surface area is 127 Å². The van der Waals surface area contributed by atoms with Crippen molar-refractivity contribution in [3.63, 3.8) is 0 Å². The van der Waals surface area contributed by atoms with Gasteiger partial charge in [-0.2, -0.15) is 13.2 Å². The molecule has 0 fully saturated rings. The molecule has 1 aromatic carbocycles. The van der Waals surface area contributed by atoms with Crippen molar-refractivity contribution in [1.29, 1.82) is 0 Å². The van der Waals surface area contributed by atoms with Gasteiger partial charge in [0.25, 0.3) is 5.56 Å². The maximum atomic E-state index is 13.8. The van der Waals surface area contributed by atoms with Gasteiger partial charge in [-0.05, 0) is 24.3 Å². The number of rotatable bonds is 2. The first-order valence-corrected chi connectivity index (χ1v) is 6.52. The standard InChI is InChI=1S/C15H9F4N3O/c16-10-4-1-5-11-13(10)14(23)22(8-21-11)7-12-9(15(17,18)19)3-2-6-20-12/h1-6,8H,7H2. The van der Waals surface area contributed by atoms with Crippen LogP contribution in [-0.4, -0.2) is 14.5 Å². The van der Waals surface area contributed by atoms with E-state index in [1.807, 2.05) is 0 Å². The molecule has 118 valence electrons. The fourth-order valence-corrected chi connectivity index (χ4v) is 2.26. The average Bonchev–Trinajstić information content (AvgIpc) is 2.49. The minimum Gasteiger partial charge on any atom is -0.293 e. The van der Waals surface area contributed by atoms with Gasteiger partial charge in [-0.3, -0.25) is 14.3 Å². The van der Waals surface area contributed by atoms with Gasteiger partial charge in [0.2, 0.25) is 0 Å². The van der Waals surface area contributed by atoms with Gasteiger partial charge in [0.1, 0.15) is 11.2 Å². The van der Waals surface area contributed by atoms with Crippen molar-refractivity contribution in [2.75, 3.05) is 0 Å². The summed E-state index contributed by atoms with van der Waals surface area (Å²) in [6, 6.07) is 5.98. The van der Waals surface area contributed by atoms with Gasteiger partial charge in [0, 0.05) is 6.20 Å². The Morgan fingerprint density at radius 2 is 1.87 bits per heavy atom. The van der Waals surface area contributed by atoms with E-state index < -0.39 is 29.7 Å². The molecule has 2 heterocycles. The Kier molecular flexibility index (Phi) is 3.59. The zero-order valence-corrected chi connectivity index (χ0v) is 11.5. The molecule has 3 rings (SSSR count). The van der Waals surface area contributed by atoms with E-state index in [9.17, 15) is 22.4 Å². The van der Waals surface area contributed by atoms with Crippen LogP contribution in [0.1, 0.15) is 11.3 Å². The van der Waals surface area contributed by atoms with Gasteiger partial charge in [0.05, 0.1) is 29.6 Å². The van der Waals surface area contributed by atoms with Crippen molar-refractivity contribution in [1.82, 2.24) is 14.5 Å². The lowest BCUT2D eigenvalue weighted by atomic mass is 10.2. The van der Waals surface area contributed by atoms with Crippen LogP contribution in [0.4, 0.5) is 17.6 Å². The van der Waals surface area contributed by atoms with Crippen LogP contribution < -0.4 is 5.56 Å². The largest absolute Gasteiger partial charge is 0.418 e. The van der Waals surface area contributed by atoms with Gasteiger partial charge in [-0.25, -0.2) is 9.37 Å². The Morgan fingerprint density at radius 1 is 1.09 bits per heavy atom.